The number of para-hydroxylation sites is 1. The predicted octanol–water partition coefficient (Wildman–Crippen LogP) is 3.36. The fraction of sp³-hybridized carbons (Fsp3) is 0.455. The predicted molar refractivity (Wildman–Crippen MR) is 64.8 cm³/mol. The first-order valence-corrected chi connectivity index (χ1v) is 5.67. The van der Waals surface area contributed by atoms with Crippen LogP contribution in [0.1, 0.15) is 13.3 Å². The number of benzene rings is 1. The molecule has 1 unspecified atom stereocenters. The molecule has 15 heavy (non-hydrogen) atoms. The zero-order valence-corrected chi connectivity index (χ0v) is 10.2. The standard InChI is InChI=1S/C11H15Cl2NO/c1-8(7-14)5-6-15-11-9(12)3-2-4-10(11)13/h2-4,8H,5-7,14H2,1H3. The smallest absolute Gasteiger partial charge is 0.156 e. The van der Waals surface area contributed by atoms with E-state index in [1.807, 2.05) is 0 Å². The largest absolute Gasteiger partial charge is 0.490 e. The molecular formula is C11H15Cl2NO. The van der Waals surface area contributed by atoms with Gasteiger partial charge in [-0.2, -0.15) is 0 Å². The van der Waals surface area contributed by atoms with Gasteiger partial charge in [0, 0.05) is 0 Å². The first kappa shape index (κ1) is 12.6. The van der Waals surface area contributed by atoms with Crippen LogP contribution in [0.25, 0.3) is 0 Å². The Kier molecular flexibility index (Phi) is 5.23. The summed E-state index contributed by atoms with van der Waals surface area (Å²) in [4.78, 5) is 0. The molecule has 4 heteroatoms. The van der Waals surface area contributed by atoms with Gasteiger partial charge < -0.3 is 10.5 Å². The minimum atomic E-state index is 0.450. The van der Waals surface area contributed by atoms with Crippen LogP contribution in [-0.4, -0.2) is 13.2 Å². The fourth-order valence-electron chi connectivity index (χ4n) is 1.10. The van der Waals surface area contributed by atoms with Crippen LogP contribution in [0.15, 0.2) is 18.2 Å². The zero-order valence-electron chi connectivity index (χ0n) is 8.67. The minimum absolute atomic E-state index is 0.450. The molecule has 84 valence electrons. The Balaban J connectivity index is 2.50. The zero-order chi connectivity index (χ0) is 11.3. The molecule has 0 heterocycles. The number of nitrogens with two attached hydrogens (primary N) is 1. The van der Waals surface area contributed by atoms with E-state index in [4.69, 9.17) is 33.7 Å². The highest BCUT2D eigenvalue weighted by molar-refractivity contribution is 6.37. The third-order valence-corrected chi connectivity index (χ3v) is 2.77. The maximum absolute atomic E-state index is 5.94. The van der Waals surface area contributed by atoms with Crippen molar-refractivity contribution < 1.29 is 4.74 Å². The second-order valence-corrected chi connectivity index (χ2v) is 4.34. The molecular weight excluding hydrogens is 233 g/mol. The molecule has 0 aliphatic rings. The summed E-state index contributed by atoms with van der Waals surface area (Å²) in [5.41, 5.74) is 5.50. The van der Waals surface area contributed by atoms with Gasteiger partial charge in [-0.15, -0.1) is 0 Å². The number of ether oxygens (including phenoxy) is 1. The highest BCUT2D eigenvalue weighted by atomic mass is 35.5. The van der Waals surface area contributed by atoms with Gasteiger partial charge in [-0.25, -0.2) is 0 Å². The highest BCUT2D eigenvalue weighted by Gasteiger charge is 2.07. The molecule has 0 saturated heterocycles. The molecule has 0 fully saturated rings. The molecule has 1 atom stereocenters. The van der Waals surface area contributed by atoms with E-state index in [1.54, 1.807) is 18.2 Å². The summed E-state index contributed by atoms with van der Waals surface area (Å²) in [5, 5.41) is 1.09. The van der Waals surface area contributed by atoms with Crippen molar-refractivity contribution in [2.75, 3.05) is 13.2 Å². The molecule has 0 amide bonds. The van der Waals surface area contributed by atoms with Crippen molar-refractivity contribution in [3.8, 4) is 5.75 Å². The van der Waals surface area contributed by atoms with Gasteiger partial charge in [0.25, 0.3) is 0 Å². The number of hydrogen-bond acceptors (Lipinski definition) is 2. The van der Waals surface area contributed by atoms with Crippen molar-refractivity contribution in [3.63, 3.8) is 0 Å². The van der Waals surface area contributed by atoms with Crippen LogP contribution in [0.4, 0.5) is 0 Å². The van der Waals surface area contributed by atoms with E-state index < -0.39 is 0 Å². The monoisotopic (exact) mass is 247 g/mol. The summed E-state index contributed by atoms with van der Waals surface area (Å²) in [6.45, 7) is 3.33. The number of hydrogen-bond donors (Lipinski definition) is 1. The van der Waals surface area contributed by atoms with Gasteiger partial charge >= 0.3 is 0 Å². The Morgan fingerprint density at radius 1 is 1.33 bits per heavy atom. The molecule has 0 spiro atoms. The molecule has 0 saturated carbocycles. The van der Waals surface area contributed by atoms with Gasteiger partial charge in [-0.3, -0.25) is 0 Å². The Morgan fingerprint density at radius 2 is 1.93 bits per heavy atom. The lowest BCUT2D eigenvalue weighted by atomic mass is 10.1. The summed E-state index contributed by atoms with van der Waals surface area (Å²) in [6, 6.07) is 5.31. The van der Waals surface area contributed by atoms with Gasteiger partial charge in [-0.1, -0.05) is 36.2 Å². The Morgan fingerprint density at radius 3 is 2.47 bits per heavy atom. The first-order chi connectivity index (χ1) is 7.15. The SMILES string of the molecule is CC(CN)CCOc1c(Cl)cccc1Cl. The molecule has 0 aliphatic carbocycles. The van der Waals surface area contributed by atoms with Crippen LogP contribution in [-0.2, 0) is 0 Å². The third-order valence-electron chi connectivity index (χ3n) is 2.18. The lowest BCUT2D eigenvalue weighted by molar-refractivity contribution is 0.286. The van der Waals surface area contributed by atoms with Crippen LogP contribution >= 0.6 is 23.2 Å². The summed E-state index contributed by atoms with van der Waals surface area (Å²) in [7, 11) is 0. The van der Waals surface area contributed by atoms with Crippen molar-refractivity contribution in [2.45, 2.75) is 13.3 Å². The topological polar surface area (TPSA) is 35.2 Å². The van der Waals surface area contributed by atoms with Gasteiger partial charge in [0.1, 0.15) is 0 Å². The molecule has 0 aliphatic heterocycles. The maximum atomic E-state index is 5.94. The van der Waals surface area contributed by atoms with Crippen molar-refractivity contribution in [2.24, 2.45) is 11.7 Å². The van der Waals surface area contributed by atoms with E-state index in [9.17, 15) is 0 Å². The molecule has 2 N–H and O–H groups in total. The van der Waals surface area contributed by atoms with Crippen LogP contribution in [0.2, 0.25) is 10.0 Å². The van der Waals surface area contributed by atoms with Gasteiger partial charge in [-0.05, 0) is 31.0 Å². The molecule has 2 nitrogen and oxygen atoms in total. The molecule has 0 aromatic heterocycles. The maximum Gasteiger partial charge on any atom is 0.156 e. The minimum Gasteiger partial charge on any atom is -0.490 e. The molecule has 0 radical (unpaired) electrons. The second kappa shape index (κ2) is 6.21. The molecule has 1 rings (SSSR count). The van der Waals surface area contributed by atoms with E-state index in [2.05, 4.69) is 6.92 Å². The van der Waals surface area contributed by atoms with E-state index in [0.29, 0.717) is 34.9 Å². The fourth-order valence-corrected chi connectivity index (χ4v) is 1.61. The van der Waals surface area contributed by atoms with Gasteiger partial charge in [0.05, 0.1) is 16.7 Å². The van der Waals surface area contributed by atoms with Crippen LogP contribution in [0, 0.1) is 5.92 Å². The average molecular weight is 248 g/mol. The molecule has 1 aromatic carbocycles. The van der Waals surface area contributed by atoms with E-state index in [-0.39, 0.29) is 0 Å². The summed E-state index contributed by atoms with van der Waals surface area (Å²) >= 11 is 11.9. The summed E-state index contributed by atoms with van der Waals surface area (Å²) in [6.07, 6.45) is 0.901. The Labute approximate surface area is 100 Å². The van der Waals surface area contributed by atoms with Crippen LogP contribution in [0.5, 0.6) is 5.75 Å². The van der Waals surface area contributed by atoms with E-state index in [1.165, 1.54) is 0 Å². The van der Waals surface area contributed by atoms with Gasteiger partial charge in [0.15, 0.2) is 5.75 Å². The van der Waals surface area contributed by atoms with E-state index >= 15 is 0 Å². The first-order valence-electron chi connectivity index (χ1n) is 4.92. The van der Waals surface area contributed by atoms with Crippen molar-refractivity contribution in [1.29, 1.82) is 0 Å². The molecule has 0 bridgehead atoms. The van der Waals surface area contributed by atoms with Crippen molar-refractivity contribution in [1.82, 2.24) is 0 Å². The Hall–Kier alpha value is -0.440. The average Bonchev–Trinajstić information content (AvgIpc) is 2.22. The lowest BCUT2D eigenvalue weighted by Crippen LogP contribution is -2.14. The van der Waals surface area contributed by atoms with Crippen LogP contribution in [0.3, 0.4) is 0 Å². The normalized spacial score (nSPS) is 12.5. The summed E-state index contributed by atoms with van der Waals surface area (Å²) < 4.78 is 5.52. The van der Waals surface area contributed by atoms with E-state index in [0.717, 1.165) is 6.42 Å². The van der Waals surface area contributed by atoms with Crippen molar-refractivity contribution >= 4 is 23.2 Å². The summed E-state index contributed by atoms with van der Waals surface area (Å²) in [5.74, 6) is 1.01. The van der Waals surface area contributed by atoms with Crippen LogP contribution < -0.4 is 10.5 Å². The Bertz CT molecular complexity index is 297. The highest BCUT2D eigenvalue weighted by Crippen LogP contribution is 2.32. The number of halogens is 2. The quantitative estimate of drug-likeness (QED) is 0.867. The second-order valence-electron chi connectivity index (χ2n) is 3.53. The lowest BCUT2D eigenvalue weighted by Gasteiger charge is -2.12. The van der Waals surface area contributed by atoms with Crippen molar-refractivity contribution in [3.05, 3.63) is 28.2 Å². The third kappa shape index (κ3) is 3.90. The van der Waals surface area contributed by atoms with Gasteiger partial charge in [0.2, 0.25) is 0 Å². The molecule has 1 aromatic rings. The number of rotatable bonds is 5.